The number of nitrogens with one attached hydrogen (secondary N) is 1. The SMILES string of the molecule is CNCc1ccc(F)cc1-c1ccc(Cl)c2ccccc12. The van der Waals surface area contributed by atoms with Crippen LogP contribution in [0.2, 0.25) is 5.02 Å². The Labute approximate surface area is 128 Å². The van der Waals surface area contributed by atoms with E-state index in [0.717, 1.165) is 27.5 Å². The minimum atomic E-state index is -0.233. The van der Waals surface area contributed by atoms with Crippen molar-refractivity contribution in [1.82, 2.24) is 5.32 Å². The summed E-state index contributed by atoms with van der Waals surface area (Å²) in [5.41, 5.74) is 2.96. The van der Waals surface area contributed by atoms with Gasteiger partial charge in [-0.05, 0) is 47.3 Å². The molecule has 0 bridgehead atoms. The van der Waals surface area contributed by atoms with Gasteiger partial charge >= 0.3 is 0 Å². The highest BCUT2D eigenvalue weighted by Crippen LogP contribution is 2.35. The quantitative estimate of drug-likeness (QED) is 0.716. The predicted octanol–water partition coefficient (Wildman–Crippen LogP) is 5.02. The molecule has 0 saturated heterocycles. The number of halogens is 2. The molecule has 3 aromatic rings. The summed E-state index contributed by atoms with van der Waals surface area (Å²) in [6, 6.07) is 16.7. The minimum absolute atomic E-state index is 0.233. The third-order valence-corrected chi connectivity index (χ3v) is 3.93. The van der Waals surface area contributed by atoms with Crippen LogP contribution in [0, 0.1) is 5.82 Å². The molecule has 1 nitrogen and oxygen atoms in total. The Morgan fingerprint density at radius 1 is 0.952 bits per heavy atom. The molecule has 0 aromatic heterocycles. The molecule has 0 amide bonds. The van der Waals surface area contributed by atoms with E-state index in [-0.39, 0.29) is 5.82 Å². The van der Waals surface area contributed by atoms with E-state index in [1.54, 1.807) is 6.07 Å². The molecule has 3 heteroatoms. The molecule has 0 unspecified atom stereocenters. The number of benzene rings is 3. The van der Waals surface area contributed by atoms with E-state index in [1.807, 2.05) is 49.5 Å². The van der Waals surface area contributed by atoms with Gasteiger partial charge in [-0.1, -0.05) is 48.0 Å². The van der Waals surface area contributed by atoms with Crippen molar-refractivity contribution in [3.05, 3.63) is 71.0 Å². The Kier molecular flexibility index (Phi) is 3.91. The Morgan fingerprint density at radius 2 is 1.71 bits per heavy atom. The molecule has 0 aliphatic heterocycles. The van der Waals surface area contributed by atoms with Crippen molar-refractivity contribution in [2.75, 3.05) is 7.05 Å². The fourth-order valence-corrected chi connectivity index (χ4v) is 2.87. The second kappa shape index (κ2) is 5.84. The summed E-state index contributed by atoms with van der Waals surface area (Å²) in [7, 11) is 1.88. The molecule has 0 radical (unpaired) electrons. The number of hydrogen-bond donors (Lipinski definition) is 1. The van der Waals surface area contributed by atoms with Gasteiger partial charge in [0, 0.05) is 17.0 Å². The summed E-state index contributed by atoms with van der Waals surface area (Å²) in [6.45, 7) is 0.687. The van der Waals surface area contributed by atoms with Gasteiger partial charge in [0.05, 0.1) is 0 Å². The molecule has 3 rings (SSSR count). The Morgan fingerprint density at radius 3 is 2.48 bits per heavy atom. The van der Waals surface area contributed by atoms with Crippen LogP contribution in [0.15, 0.2) is 54.6 Å². The molecule has 1 N–H and O–H groups in total. The van der Waals surface area contributed by atoms with Crippen molar-refractivity contribution >= 4 is 22.4 Å². The van der Waals surface area contributed by atoms with Crippen LogP contribution in [-0.4, -0.2) is 7.05 Å². The molecule has 0 saturated carbocycles. The fraction of sp³-hybridized carbons (Fsp3) is 0.111. The average Bonchev–Trinajstić information content (AvgIpc) is 2.50. The van der Waals surface area contributed by atoms with Gasteiger partial charge in [-0.3, -0.25) is 0 Å². The average molecular weight is 300 g/mol. The molecule has 0 atom stereocenters. The molecule has 0 heterocycles. The van der Waals surface area contributed by atoms with E-state index in [9.17, 15) is 4.39 Å². The van der Waals surface area contributed by atoms with Crippen LogP contribution in [0.4, 0.5) is 4.39 Å². The smallest absolute Gasteiger partial charge is 0.123 e. The van der Waals surface area contributed by atoms with Crippen LogP contribution >= 0.6 is 11.6 Å². The maximum atomic E-state index is 13.7. The first-order valence-corrected chi connectivity index (χ1v) is 7.19. The van der Waals surface area contributed by atoms with Crippen LogP contribution in [0.25, 0.3) is 21.9 Å². The zero-order valence-corrected chi connectivity index (χ0v) is 12.4. The first kappa shape index (κ1) is 14.1. The van der Waals surface area contributed by atoms with E-state index in [2.05, 4.69) is 5.32 Å². The maximum Gasteiger partial charge on any atom is 0.123 e. The van der Waals surface area contributed by atoms with Gasteiger partial charge < -0.3 is 5.32 Å². The van der Waals surface area contributed by atoms with Crippen molar-refractivity contribution < 1.29 is 4.39 Å². The third kappa shape index (κ3) is 2.65. The molecule has 3 aromatic carbocycles. The second-order valence-corrected chi connectivity index (χ2v) is 5.38. The van der Waals surface area contributed by atoms with Crippen molar-refractivity contribution in [3.63, 3.8) is 0 Å². The van der Waals surface area contributed by atoms with Gasteiger partial charge in [-0.2, -0.15) is 0 Å². The maximum absolute atomic E-state index is 13.7. The van der Waals surface area contributed by atoms with Crippen molar-refractivity contribution in [2.24, 2.45) is 0 Å². The van der Waals surface area contributed by atoms with Gasteiger partial charge in [-0.15, -0.1) is 0 Å². The van der Waals surface area contributed by atoms with Gasteiger partial charge in [0.2, 0.25) is 0 Å². The highest BCUT2D eigenvalue weighted by molar-refractivity contribution is 6.36. The van der Waals surface area contributed by atoms with E-state index in [4.69, 9.17) is 11.6 Å². The lowest BCUT2D eigenvalue weighted by Crippen LogP contribution is -2.06. The van der Waals surface area contributed by atoms with Crippen molar-refractivity contribution in [3.8, 4) is 11.1 Å². The largest absolute Gasteiger partial charge is 0.316 e. The Hall–Kier alpha value is -1.90. The lowest BCUT2D eigenvalue weighted by molar-refractivity contribution is 0.627. The van der Waals surface area contributed by atoms with E-state index in [1.165, 1.54) is 6.07 Å². The first-order valence-electron chi connectivity index (χ1n) is 6.81. The summed E-state index contributed by atoms with van der Waals surface area (Å²) in [6.07, 6.45) is 0. The Bertz CT molecular complexity index is 798. The van der Waals surface area contributed by atoms with Crippen LogP contribution in [-0.2, 0) is 6.54 Å². The number of hydrogen-bond acceptors (Lipinski definition) is 1. The van der Waals surface area contributed by atoms with Crippen molar-refractivity contribution in [1.29, 1.82) is 0 Å². The molecule has 0 aliphatic rings. The summed E-state index contributed by atoms with van der Waals surface area (Å²) >= 11 is 6.26. The van der Waals surface area contributed by atoms with Crippen LogP contribution in [0.1, 0.15) is 5.56 Å². The lowest BCUT2D eigenvalue weighted by atomic mass is 9.94. The molecular weight excluding hydrogens is 285 g/mol. The van der Waals surface area contributed by atoms with Gasteiger partial charge in [0.25, 0.3) is 0 Å². The van der Waals surface area contributed by atoms with Gasteiger partial charge in [0.1, 0.15) is 5.82 Å². The van der Waals surface area contributed by atoms with E-state index in [0.29, 0.717) is 11.6 Å². The van der Waals surface area contributed by atoms with Crippen LogP contribution in [0.3, 0.4) is 0 Å². The molecular formula is C18H15ClFN. The van der Waals surface area contributed by atoms with Crippen LogP contribution < -0.4 is 5.32 Å². The number of rotatable bonds is 3. The number of fused-ring (bicyclic) bond motifs is 1. The molecule has 0 aliphatic carbocycles. The second-order valence-electron chi connectivity index (χ2n) is 4.97. The van der Waals surface area contributed by atoms with E-state index < -0.39 is 0 Å². The molecule has 21 heavy (non-hydrogen) atoms. The zero-order valence-electron chi connectivity index (χ0n) is 11.7. The monoisotopic (exact) mass is 299 g/mol. The predicted molar refractivity (Wildman–Crippen MR) is 87.1 cm³/mol. The van der Waals surface area contributed by atoms with Gasteiger partial charge in [-0.25, -0.2) is 4.39 Å². The third-order valence-electron chi connectivity index (χ3n) is 3.60. The van der Waals surface area contributed by atoms with E-state index >= 15 is 0 Å². The lowest BCUT2D eigenvalue weighted by Gasteiger charge is -2.13. The van der Waals surface area contributed by atoms with Gasteiger partial charge in [0.15, 0.2) is 0 Å². The highest BCUT2D eigenvalue weighted by atomic mass is 35.5. The molecule has 0 fully saturated rings. The fourth-order valence-electron chi connectivity index (χ4n) is 2.64. The summed E-state index contributed by atoms with van der Waals surface area (Å²) in [5, 5.41) is 5.85. The molecule has 106 valence electrons. The highest BCUT2D eigenvalue weighted by Gasteiger charge is 2.11. The summed E-state index contributed by atoms with van der Waals surface area (Å²) in [5.74, 6) is -0.233. The Balaban J connectivity index is 2.30. The summed E-state index contributed by atoms with van der Waals surface area (Å²) in [4.78, 5) is 0. The normalized spacial score (nSPS) is 11.0. The van der Waals surface area contributed by atoms with Crippen LogP contribution in [0.5, 0.6) is 0 Å². The molecule has 0 spiro atoms. The minimum Gasteiger partial charge on any atom is -0.316 e. The van der Waals surface area contributed by atoms with Crippen molar-refractivity contribution in [2.45, 2.75) is 6.54 Å². The summed E-state index contributed by atoms with van der Waals surface area (Å²) < 4.78 is 13.7. The topological polar surface area (TPSA) is 12.0 Å². The standard InChI is InChI=1S/C18H15ClFN/c1-21-11-12-6-7-13(20)10-17(12)15-8-9-18(19)16-5-3-2-4-14(15)16/h2-10,21H,11H2,1H3. The first-order chi connectivity index (χ1) is 10.2. The zero-order chi connectivity index (χ0) is 14.8.